The number of carbonyl (C=O) groups excluding carboxylic acids is 2. The summed E-state index contributed by atoms with van der Waals surface area (Å²) in [6.07, 6.45) is -4.33. The first kappa shape index (κ1) is 25.3. The molecule has 0 bridgehead atoms. The van der Waals surface area contributed by atoms with Crippen LogP contribution < -0.4 is 10.7 Å². The molecule has 0 atom stereocenters. The zero-order valence-corrected chi connectivity index (χ0v) is 19.4. The Hall–Kier alpha value is -3.37. The second-order valence-electron chi connectivity index (χ2n) is 9.14. The number of likely N-dealkylation sites (tertiary alicyclic amines) is 1. The Kier molecular flexibility index (Phi) is 7.04. The highest BCUT2D eigenvalue weighted by molar-refractivity contribution is 5.92. The third kappa shape index (κ3) is 5.95. The fourth-order valence-corrected chi connectivity index (χ4v) is 3.69. The SMILES string of the molecule is Cc1cc(=O)c(C(=O)N2CCC(NC(=O)OC(C)(C)C)CC2)nn1-c1ccccc1C(F)(F)F. The van der Waals surface area contributed by atoms with E-state index in [4.69, 9.17) is 4.74 Å². The minimum absolute atomic E-state index is 0.165. The van der Waals surface area contributed by atoms with Crippen LogP contribution in [0.5, 0.6) is 0 Å². The first-order chi connectivity index (χ1) is 15.8. The van der Waals surface area contributed by atoms with Gasteiger partial charge in [-0.15, -0.1) is 0 Å². The van der Waals surface area contributed by atoms with Crippen molar-refractivity contribution in [3.05, 3.63) is 57.5 Å². The molecule has 3 rings (SSSR count). The Labute approximate surface area is 194 Å². The van der Waals surface area contributed by atoms with Crippen LogP contribution in [0.3, 0.4) is 0 Å². The van der Waals surface area contributed by atoms with Gasteiger partial charge in [0, 0.05) is 30.9 Å². The van der Waals surface area contributed by atoms with E-state index in [9.17, 15) is 27.6 Å². The zero-order valence-electron chi connectivity index (χ0n) is 19.4. The Bertz CT molecular complexity index is 1130. The molecular formula is C23H27F3N4O4. The van der Waals surface area contributed by atoms with Crippen LogP contribution in [0.2, 0.25) is 0 Å². The van der Waals surface area contributed by atoms with E-state index >= 15 is 0 Å². The van der Waals surface area contributed by atoms with E-state index in [0.29, 0.717) is 12.8 Å². The van der Waals surface area contributed by atoms with E-state index in [1.165, 1.54) is 30.0 Å². The van der Waals surface area contributed by atoms with Crippen LogP contribution in [0.15, 0.2) is 35.1 Å². The summed E-state index contributed by atoms with van der Waals surface area (Å²) in [5.74, 6) is -0.668. The van der Waals surface area contributed by atoms with Crippen LogP contribution in [-0.4, -0.2) is 51.4 Å². The number of amides is 2. The molecule has 2 heterocycles. The summed E-state index contributed by atoms with van der Waals surface area (Å²) in [7, 11) is 0. The van der Waals surface area contributed by atoms with Crippen LogP contribution in [-0.2, 0) is 10.9 Å². The maximum Gasteiger partial charge on any atom is 0.418 e. The average molecular weight is 480 g/mol. The van der Waals surface area contributed by atoms with Crippen LogP contribution in [0, 0.1) is 6.92 Å². The van der Waals surface area contributed by atoms with Gasteiger partial charge in [0.2, 0.25) is 5.43 Å². The number of piperidine rings is 1. The van der Waals surface area contributed by atoms with Crippen molar-refractivity contribution >= 4 is 12.0 Å². The molecule has 0 aliphatic carbocycles. The lowest BCUT2D eigenvalue weighted by Crippen LogP contribution is -2.48. The van der Waals surface area contributed by atoms with Gasteiger partial charge in [-0.1, -0.05) is 12.1 Å². The summed E-state index contributed by atoms with van der Waals surface area (Å²) >= 11 is 0. The van der Waals surface area contributed by atoms with Crippen molar-refractivity contribution in [2.24, 2.45) is 0 Å². The number of aromatic nitrogens is 2. The van der Waals surface area contributed by atoms with Gasteiger partial charge in [0.25, 0.3) is 5.91 Å². The summed E-state index contributed by atoms with van der Waals surface area (Å²) < 4.78 is 46.7. The summed E-state index contributed by atoms with van der Waals surface area (Å²) in [6.45, 7) is 7.19. The Morgan fingerprint density at radius 1 is 1.12 bits per heavy atom. The Morgan fingerprint density at radius 3 is 2.32 bits per heavy atom. The van der Waals surface area contributed by atoms with Gasteiger partial charge in [-0.3, -0.25) is 9.59 Å². The number of benzene rings is 1. The number of ether oxygens (including phenoxy) is 1. The number of para-hydroxylation sites is 1. The molecule has 2 amide bonds. The Morgan fingerprint density at radius 2 is 1.74 bits per heavy atom. The van der Waals surface area contributed by atoms with Gasteiger partial charge in [0.1, 0.15) is 5.60 Å². The number of nitrogens with one attached hydrogen (secondary N) is 1. The normalized spacial score (nSPS) is 15.2. The van der Waals surface area contributed by atoms with Gasteiger partial charge in [-0.05, 0) is 52.7 Å². The van der Waals surface area contributed by atoms with Gasteiger partial charge < -0.3 is 15.0 Å². The second-order valence-corrected chi connectivity index (χ2v) is 9.14. The number of aryl methyl sites for hydroxylation is 1. The molecule has 0 radical (unpaired) electrons. The van der Waals surface area contributed by atoms with Crippen LogP contribution in [0.25, 0.3) is 5.69 Å². The standard InChI is InChI=1S/C23H27F3N4O4/c1-14-13-18(31)19(28-30(14)17-8-6-5-7-16(17)23(24,25)26)20(32)29-11-9-15(10-12-29)27-21(33)34-22(2,3)4/h5-8,13,15H,9-12H2,1-4H3,(H,27,33). The maximum atomic E-state index is 13.5. The molecule has 11 heteroatoms. The molecular weight excluding hydrogens is 453 g/mol. The second kappa shape index (κ2) is 9.47. The quantitative estimate of drug-likeness (QED) is 0.723. The fourth-order valence-electron chi connectivity index (χ4n) is 3.69. The Balaban J connectivity index is 1.79. The number of hydrogen-bond acceptors (Lipinski definition) is 5. The van der Waals surface area contributed by atoms with E-state index in [0.717, 1.165) is 16.8 Å². The maximum absolute atomic E-state index is 13.5. The number of alkyl halides is 3. The van der Waals surface area contributed by atoms with Gasteiger partial charge in [0.05, 0.1) is 11.3 Å². The molecule has 1 aliphatic rings. The highest BCUT2D eigenvalue weighted by Gasteiger charge is 2.35. The predicted molar refractivity (Wildman–Crippen MR) is 118 cm³/mol. The van der Waals surface area contributed by atoms with Gasteiger partial charge in [-0.2, -0.15) is 18.3 Å². The lowest BCUT2D eigenvalue weighted by molar-refractivity contribution is -0.137. The van der Waals surface area contributed by atoms with E-state index in [1.807, 2.05) is 0 Å². The summed E-state index contributed by atoms with van der Waals surface area (Å²) in [6, 6.07) is 5.72. The molecule has 0 unspecified atom stereocenters. The fraction of sp³-hybridized carbons (Fsp3) is 0.478. The van der Waals surface area contributed by atoms with E-state index < -0.39 is 40.5 Å². The molecule has 1 saturated heterocycles. The van der Waals surface area contributed by atoms with Crippen molar-refractivity contribution in [1.82, 2.24) is 20.0 Å². The average Bonchev–Trinajstić information content (AvgIpc) is 2.72. The molecule has 8 nitrogen and oxygen atoms in total. The van der Waals surface area contributed by atoms with Gasteiger partial charge in [-0.25, -0.2) is 9.48 Å². The largest absolute Gasteiger partial charge is 0.444 e. The van der Waals surface area contributed by atoms with Crippen molar-refractivity contribution in [2.75, 3.05) is 13.1 Å². The number of rotatable bonds is 3. The molecule has 0 spiro atoms. The molecule has 1 fully saturated rings. The minimum atomic E-state index is -4.64. The van der Waals surface area contributed by atoms with Crippen LogP contribution in [0.1, 0.15) is 55.4 Å². The minimum Gasteiger partial charge on any atom is -0.444 e. The van der Waals surface area contributed by atoms with Gasteiger partial charge in [0.15, 0.2) is 5.69 Å². The third-order valence-corrected chi connectivity index (χ3v) is 5.25. The summed E-state index contributed by atoms with van der Waals surface area (Å²) in [5, 5.41) is 6.78. The molecule has 1 aromatic carbocycles. The first-order valence-corrected chi connectivity index (χ1v) is 10.8. The van der Waals surface area contributed by atoms with Crippen molar-refractivity contribution in [1.29, 1.82) is 0 Å². The molecule has 1 aliphatic heterocycles. The summed E-state index contributed by atoms with van der Waals surface area (Å²) in [4.78, 5) is 38.9. The molecule has 1 N–H and O–H groups in total. The number of halogens is 3. The number of hydrogen-bond donors (Lipinski definition) is 1. The lowest BCUT2D eigenvalue weighted by atomic mass is 10.0. The molecule has 34 heavy (non-hydrogen) atoms. The molecule has 1 aromatic heterocycles. The first-order valence-electron chi connectivity index (χ1n) is 10.8. The molecule has 2 aromatic rings. The van der Waals surface area contributed by atoms with E-state index in [-0.39, 0.29) is 30.5 Å². The van der Waals surface area contributed by atoms with Crippen molar-refractivity contribution in [2.45, 2.75) is 58.4 Å². The zero-order chi connectivity index (χ0) is 25.3. The van der Waals surface area contributed by atoms with E-state index in [1.54, 1.807) is 20.8 Å². The lowest BCUT2D eigenvalue weighted by Gasteiger charge is -2.32. The van der Waals surface area contributed by atoms with Crippen molar-refractivity contribution in [3.63, 3.8) is 0 Å². The van der Waals surface area contributed by atoms with Crippen LogP contribution in [0.4, 0.5) is 18.0 Å². The highest BCUT2D eigenvalue weighted by atomic mass is 19.4. The predicted octanol–water partition coefficient (Wildman–Crippen LogP) is 3.69. The third-order valence-electron chi connectivity index (χ3n) is 5.25. The monoisotopic (exact) mass is 480 g/mol. The highest BCUT2D eigenvalue weighted by Crippen LogP contribution is 2.33. The van der Waals surface area contributed by atoms with Crippen molar-refractivity contribution < 1.29 is 27.5 Å². The number of alkyl carbamates (subject to hydrolysis) is 1. The topological polar surface area (TPSA) is 93.5 Å². The number of carbonyl (C=O) groups is 2. The van der Waals surface area contributed by atoms with Crippen molar-refractivity contribution in [3.8, 4) is 5.69 Å². The van der Waals surface area contributed by atoms with Gasteiger partial charge >= 0.3 is 12.3 Å². The van der Waals surface area contributed by atoms with E-state index in [2.05, 4.69) is 10.4 Å². The smallest absolute Gasteiger partial charge is 0.418 e. The number of nitrogens with zero attached hydrogens (tertiary/aromatic N) is 3. The molecule has 0 saturated carbocycles. The molecule has 184 valence electrons. The van der Waals surface area contributed by atoms with Crippen LogP contribution >= 0.6 is 0 Å². The summed E-state index contributed by atoms with van der Waals surface area (Å²) in [5.41, 5.74) is -2.80.